The van der Waals surface area contributed by atoms with Crippen LogP contribution in [0.5, 0.6) is 0 Å². The molecule has 0 aliphatic carbocycles. The summed E-state index contributed by atoms with van der Waals surface area (Å²) >= 11 is 0. The Balaban J connectivity index is -0.0000000625. The van der Waals surface area contributed by atoms with Crippen LogP contribution in [0.4, 0.5) is 0 Å². The first-order chi connectivity index (χ1) is 5.58. The Kier molecular flexibility index (Phi) is 31.5. The number of ether oxygens (including phenoxy) is 2. The van der Waals surface area contributed by atoms with Gasteiger partial charge in [0.1, 0.15) is 0 Å². The molecule has 14 heavy (non-hydrogen) atoms. The maximum absolute atomic E-state index is 4.90. The molecule has 0 aliphatic heterocycles. The third-order valence-electron chi connectivity index (χ3n) is 1.48. The van der Waals surface area contributed by atoms with E-state index in [1.807, 2.05) is 0 Å². The van der Waals surface area contributed by atoms with Crippen molar-refractivity contribution in [2.45, 2.75) is 55.1 Å². The van der Waals surface area contributed by atoms with E-state index in [-0.39, 0.29) is 14.9 Å². The molecular weight excluding hydrogens is 176 g/mol. The highest BCUT2D eigenvalue weighted by atomic mass is 16.5. The Morgan fingerprint density at radius 3 is 1.43 bits per heavy atom. The molecule has 0 saturated carbocycles. The predicted octanol–water partition coefficient (Wildman–Crippen LogP) is 3.99. The summed E-state index contributed by atoms with van der Waals surface area (Å²) in [5.74, 6) is 0.676. The van der Waals surface area contributed by atoms with E-state index in [0.29, 0.717) is 12.0 Å². The van der Waals surface area contributed by atoms with Crippen LogP contribution in [0.2, 0.25) is 0 Å². The average Bonchev–Trinajstić information content (AvgIpc) is 2.04. The predicted molar refractivity (Wildman–Crippen MR) is 66.9 cm³/mol. The number of methoxy groups -OCH3 is 2. The lowest BCUT2D eigenvalue weighted by molar-refractivity contribution is 0.115. The van der Waals surface area contributed by atoms with Gasteiger partial charge >= 0.3 is 0 Å². The number of hydrogen-bond donors (Lipinski definition) is 0. The lowest BCUT2D eigenvalue weighted by Crippen LogP contribution is -2.00. The molecule has 0 rings (SSSR count). The van der Waals surface area contributed by atoms with Gasteiger partial charge < -0.3 is 9.47 Å². The zero-order valence-electron chi connectivity index (χ0n) is 9.39. The summed E-state index contributed by atoms with van der Waals surface area (Å²) < 4.78 is 9.70. The van der Waals surface area contributed by atoms with Crippen LogP contribution in [0.15, 0.2) is 0 Å². The molecule has 0 fully saturated rings. The molecule has 2 heteroatoms. The normalized spacial score (nSPS) is 10.5. The van der Waals surface area contributed by atoms with Crippen LogP contribution in [-0.2, 0) is 9.47 Å². The van der Waals surface area contributed by atoms with E-state index in [1.54, 1.807) is 14.2 Å². The highest BCUT2D eigenvalue weighted by molar-refractivity contribution is 4.38. The summed E-state index contributed by atoms with van der Waals surface area (Å²) in [5.41, 5.74) is 0. The maximum atomic E-state index is 4.90. The van der Waals surface area contributed by atoms with Crippen LogP contribution in [-0.4, -0.2) is 26.9 Å². The molecule has 0 spiro atoms. The molecule has 0 bridgehead atoms. The number of rotatable bonds is 4. The van der Waals surface area contributed by atoms with Gasteiger partial charge in [0.05, 0.1) is 6.10 Å². The Labute approximate surface area is 92.0 Å². The fraction of sp³-hybridized carbons (Fsp3) is 1.00. The van der Waals surface area contributed by atoms with Gasteiger partial charge in [0.25, 0.3) is 0 Å². The van der Waals surface area contributed by atoms with Crippen molar-refractivity contribution >= 4 is 0 Å². The lowest BCUT2D eigenvalue weighted by Gasteiger charge is -2.01. The third kappa shape index (κ3) is 29.7. The highest BCUT2D eigenvalue weighted by Crippen LogP contribution is 1.90. The van der Waals surface area contributed by atoms with Crippen molar-refractivity contribution in [3.63, 3.8) is 0 Å². The van der Waals surface area contributed by atoms with Crippen molar-refractivity contribution in [1.29, 1.82) is 0 Å². The molecule has 0 N–H and O–H groups in total. The van der Waals surface area contributed by atoms with Gasteiger partial charge in [0.2, 0.25) is 0 Å². The van der Waals surface area contributed by atoms with E-state index in [0.717, 1.165) is 13.0 Å². The smallest absolute Gasteiger partial charge is 0.0540 e. The molecule has 0 radical (unpaired) electrons. The SMILES string of the molecule is C.C.CCC(C)OC.COCC(C)C. The molecule has 0 aromatic rings. The largest absolute Gasteiger partial charge is 0.384 e. The zero-order valence-corrected chi connectivity index (χ0v) is 9.39. The Hall–Kier alpha value is -0.0800. The fourth-order valence-electron chi connectivity index (χ4n) is 0.500. The summed E-state index contributed by atoms with van der Waals surface area (Å²) in [7, 11) is 3.45. The number of hydrogen-bond acceptors (Lipinski definition) is 2. The average molecular weight is 208 g/mol. The molecule has 1 unspecified atom stereocenters. The quantitative estimate of drug-likeness (QED) is 0.695. The summed E-state index contributed by atoms with van der Waals surface area (Å²) in [6.45, 7) is 9.29. The monoisotopic (exact) mass is 208 g/mol. The van der Waals surface area contributed by atoms with Crippen molar-refractivity contribution in [2.75, 3.05) is 20.8 Å². The minimum Gasteiger partial charge on any atom is -0.384 e. The second-order valence-corrected chi connectivity index (χ2v) is 3.30. The van der Waals surface area contributed by atoms with E-state index < -0.39 is 0 Å². The zero-order chi connectivity index (χ0) is 9.98. The molecule has 2 nitrogen and oxygen atoms in total. The van der Waals surface area contributed by atoms with E-state index in [4.69, 9.17) is 9.47 Å². The summed E-state index contributed by atoms with van der Waals surface area (Å²) in [6.07, 6.45) is 1.54. The van der Waals surface area contributed by atoms with Gasteiger partial charge in [0, 0.05) is 20.8 Å². The molecule has 0 aliphatic rings. The third-order valence-corrected chi connectivity index (χ3v) is 1.48. The molecule has 0 amide bonds. The van der Waals surface area contributed by atoms with Crippen LogP contribution >= 0.6 is 0 Å². The van der Waals surface area contributed by atoms with Crippen LogP contribution in [0.1, 0.15) is 49.0 Å². The Bertz CT molecular complexity index is 68.7. The second kappa shape index (κ2) is 18.7. The van der Waals surface area contributed by atoms with Gasteiger partial charge in [-0.25, -0.2) is 0 Å². The van der Waals surface area contributed by atoms with E-state index >= 15 is 0 Å². The molecule has 0 aromatic heterocycles. The molecule has 0 aromatic carbocycles. The van der Waals surface area contributed by atoms with Crippen LogP contribution in [0, 0.1) is 5.92 Å². The van der Waals surface area contributed by atoms with Gasteiger partial charge in [-0.1, -0.05) is 35.6 Å². The minimum absolute atomic E-state index is 0. The Morgan fingerprint density at radius 2 is 1.43 bits per heavy atom. The van der Waals surface area contributed by atoms with Crippen molar-refractivity contribution in [3.8, 4) is 0 Å². The first-order valence-corrected chi connectivity index (χ1v) is 4.60. The molecule has 1 atom stereocenters. The van der Waals surface area contributed by atoms with Crippen molar-refractivity contribution in [2.24, 2.45) is 5.92 Å². The molecular formula is C12H32O2. The van der Waals surface area contributed by atoms with Crippen molar-refractivity contribution < 1.29 is 9.47 Å². The summed E-state index contributed by atoms with van der Waals surface area (Å²) in [4.78, 5) is 0. The minimum atomic E-state index is 0. The van der Waals surface area contributed by atoms with Gasteiger partial charge in [-0.05, 0) is 19.3 Å². The van der Waals surface area contributed by atoms with Gasteiger partial charge in [-0.3, -0.25) is 0 Å². The van der Waals surface area contributed by atoms with E-state index in [2.05, 4.69) is 27.7 Å². The maximum Gasteiger partial charge on any atom is 0.0540 e. The topological polar surface area (TPSA) is 18.5 Å². The van der Waals surface area contributed by atoms with Gasteiger partial charge in [0.15, 0.2) is 0 Å². The summed E-state index contributed by atoms with van der Waals surface area (Å²) in [6, 6.07) is 0. The van der Waals surface area contributed by atoms with Crippen LogP contribution in [0.25, 0.3) is 0 Å². The van der Waals surface area contributed by atoms with Crippen molar-refractivity contribution in [1.82, 2.24) is 0 Å². The lowest BCUT2D eigenvalue weighted by atomic mass is 10.2. The van der Waals surface area contributed by atoms with E-state index in [1.165, 1.54) is 0 Å². The van der Waals surface area contributed by atoms with Gasteiger partial charge in [-0.2, -0.15) is 0 Å². The fourth-order valence-corrected chi connectivity index (χ4v) is 0.500. The standard InChI is InChI=1S/2C5H12O.2CH4/c1-5(2)4-6-3;1-4-5(2)6-3;;/h2*5H,4H2,1-3H3;2*1H4. The van der Waals surface area contributed by atoms with Gasteiger partial charge in [-0.15, -0.1) is 0 Å². The van der Waals surface area contributed by atoms with Crippen molar-refractivity contribution in [3.05, 3.63) is 0 Å². The summed E-state index contributed by atoms with van der Waals surface area (Å²) in [5, 5.41) is 0. The molecule has 0 saturated heterocycles. The Morgan fingerprint density at radius 1 is 1.00 bits per heavy atom. The highest BCUT2D eigenvalue weighted by Gasteiger charge is 1.88. The van der Waals surface area contributed by atoms with Crippen LogP contribution in [0.3, 0.4) is 0 Å². The molecule has 92 valence electrons. The van der Waals surface area contributed by atoms with E-state index in [9.17, 15) is 0 Å². The van der Waals surface area contributed by atoms with Crippen LogP contribution < -0.4 is 0 Å². The first-order valence-electron chi connectivity index (χ1n) is 4.60. The molecule has 0 heterocycles. The second-order valence-electron chi connectivity index (χ2n) is 3.30. The first kappa shape index (κ1) is 23.6.